The lowest BCUT2D eigenvalue weighted by atomic mass is 10.0. The molecule has 0 saturated carbocycles. The van der Waals surface area contributed by atoms with Gasteiger partial charge in [-0.2, -0.15) is 0 Å². The van der Waals surface area contributed by atoms with Crippen LogP contribution in [0.15, 0.2) is 24.3 Å². The number of methoxy groups -OCH3 is 1. The van der Waals surface area contributed by atoms with E-state index in [4.69, 9.17) is 15.2 Å². The quantitative estimate of drug-likeness (QED) is 0.864. The minimum absolute atomic E-state index is 0.268. The van der Waals surface area contributed by atoms with Gasteiger partial charge in [0.05, 0.1) is 19.3 Å². The molecule has 112 valence electrons. The van der Waals surface area contributed by atoms with Crippen LogP contribution in [-0.2, 0) is 16.1 Å². The normalized spacial score (nSPS) is 21.9. The number of rotatable bonds is 6. The van der Waals surface area contributed by atoms with Crippen molar-refractivity contribution in [3.8, 4) is 0 Å². The maximum atomic E-state index is 6.03. The van der Waals surface area contributed by atoms with Crippen LogP contribution in [0.3, 0.4) is 0 Å². The average Bonchev–Trinajstić information content (AvgIpc) is 2.49. The highest BCUT2D eigenvalue weighted by atomic mass is 16.5. The minimum atomic E-state index is 0.268. The van der Waals surface area contributed by atoms with Crippen molar-refractivity contribution >= 4 is 0 Å². The van der Waals surface area contributed by atoms with E-state index in [0.717, 1.165) is 26.1 Å². The van der Waals surface area contributed by atoms with Gasteiger partial charge in [-0.1, -0.05) is 31.2 Å². The van der Waals surface area contributed by atoms with Gasteiger partial charge in [0.2, 0.25) is 0 Å². The van der Waals surface area contributed by atoms with Gasteiger partial charge in [0.25, 0.3) is 0 Å². The Bertz CT molecular complexity index is 411. The number of ether oxygens (including phenoxy) is 2. The highest BCUT2D eigenvalue weighted by Crippen LogP contribution is 2.24. The van der Waals surface area contributed by atoms with Crippen LogP contribution < -0.4 is 5.73 Å². The Kier molecular flexibility index (Phi) is 5.98. The first-order valence-corrected chi connectivity index (χ1v) is 7.42. The highest BCUT2D eigenvalue weighted by molar-refractivity contribution is 5.26. The van der Waals surface area contributed by atoms with Crippen LogP contribution in [-0.4, -0.2) is 44.4 Å². The van der Waals surface area contributed by atoms with Gasteiger partial charge in [-0.3, -0.25) is 4.90 Å². The number of hydrogen-bond donors (Lipinski definition) is 1. The van der Waals surface area contributed by atoms with Gasteiger partial charge in [0.1, 0.15) is 0 Å². The second kappa shape index (κ2) is 7.74. The number of nitrogens with zero attached hydrogens (tertiary/aromatic N) is 1. The molecule has 20 heavy (non-hydrogen) atoms. The first kappa shape index (κ1) is 15.4. The molecule has 2 N–H and O–H groups in total. The maximum absolute atomic E-state index is 6.03. The molecule has 1 aromatic carbocycles. The fraction of sp³-hybridized carbons (Fsp3) is 0.625. The SMILES string of the molecule is CCC1CN(C(CN)c2cccc(COC)c2)CCO1. The Morgan fingerprint density at radius 3 is 3.05 bits per heavy atom. The van der Waals surface area contributed by atoms with Gasteiger partial charge >= 0.3 is 0 Å². The van der Waals surface area contributed by atoms with E-state index in [9.17, 15) is 0 Å². The summed E-state index contributed by atoms with van der Waals surface area (Å²) in [6.07, 6.45) is 1.39. The Morgan fingerprint density at radius 1 is 1.50 bits per heavy atom. The molecule has 2 rings (SSSR count). The topological polar surface area (TPSA) is 47.7 Å². The number of morpholine rings is 1. The Hall–Kier alpha value is -0.940. The molecule has 4 nitrogen and oxygen atoms in total. The predicted molar refractivity (Wildman–Crippen MR) is 80.6 cm³/mol. The summed E-state index contributed by atoms with van der Waals surface area (Å²) in [4.78, 5) is 2.45. The lowest BCUT2D eigenvalue weighted by Crippen LogP contribution is -2.46. The van der Waals surface area contributed by atoms with E-state index in [2.05, 4.69) is 36.1 Å². The average molecular weight is 278 g/mol. The lowest BCUT2D eigenvalue weighted by molar-refractivity contribution is -0.0437. The third kappa shape index (κ3) is 3.79. The standard InChI is InChI=1S/C16H26N2O2/c1-3-15-11-18(7-8-20-15)16(10-17)14-6-4-5-13(9-14)12-19-2/h4-6,9,15-16H,3,7-8,10-12,17H2,1-2H3. The second-order valence-corrected chi connectivity index (χ2v) is 5.33. The van der Waals surface area contributed by atoms with Crippen molar-refractivity contribution in [2.75, 3.05) is 33.4 Å². The first-order valence-electron chi connectivity index (χ1n) is 7.42. The van der Waals surface area contributed by atoms with Gasteiger partial charge in [0, 0.05) is 32.8 Å². The number of nitrogens with two attached hydrogens (primary N) is 1. The van der Waals surface area contributed by atoms with Crippen LogP contribution in [0.5, 0.6) is 0 Å². The highest BCUT2D eigenvalue weighted by Gasteiger charge is 2.25. The van der Waals surface area contributed by atoms with Crippen molar-refractivity contribution in [3.63, 3.8) is 0 Å². The minimum Gasteiger partial charge on any atom is -0.380 e. The zero-order valence-electron chi connectivity index (χ0n) is 12.5. The van der Waals surface area contributed by atoms with Crippen LogP contribution in [0.1, 0.15) is 30.5 Å². The molecule has 1 fully saturated rings. The van der Waals surface area contributed by atoms with E-state index in [1.807, 2.05) is 0 Å². The van der Waals surface area contributed by atoms with Gasteiger partial charge in [-0.15, -0.1) is 0 Å². The maximum Gasteiger partial charge on any atom is 0.0713 e. The molecule has 1 heterocycles. The lowest BCUT2D eigenvalue weighted by Gasteiger charge is -2.38. The molecule has 0 aliphatic carbocycles. The van der Waals surface area contributed by atoms with Gasteiger partial charge in [-0.25, -0.2) is 0 Å². The van der Waals surface area contributed by atoms with Crippen molar-refractivity contribution in [1.29, 1.82) is 0 Å². The van der Waals surface area contributed by atoms with Crippen LogP contribution in [0.4, 0.5) is 0 Å². The van der Waals surface area contributed by atoms with Crippen LogP contribution in [0.2, 0.25) is 0 Å². The van der Waals surface area contributed by atoms with Crippen molar-refractivity contribution < 1.29 is 9.47 Å². The van der Waals surface area contributed by atoms with E-state index >= 15 is 0 Å². The molecule has 0 amide bonds. The molecule has 2 atom stereocenters. The molecule has 2 unspecified atom stereocenters. The molecular formula is C16H26N2O2. The summed E-state index contributed by atoms with van der Waals surface area (Å²) in [7, 11) is 1.72. The molecule has 1 aliphatic rings. The zero-order valence-corrected chi connectivity index (χ0v) is 12.5. The number of benzene rings is 1. The Balaban J connectivity index is 2.12. The summed E-state index contributed by atoms with van der Waals surface area (Å²) < 4.78 is 11.0. The fourth-order valence-electron chi connectivity index (χ4n) is 2.83. The Labute approximate surface area is 121 Å². The molecular weight excluding hydrogens is 252 g/mol. The Morgan fingerprint density at radius 2 is 2.35 bits per heavy atom. The predicted octanol–water partition coefficient (Wildman–Crippen LogP) is 1.94. The van der Waals surface area contributed by atoms with Crippen LogP contribution >= 0.6 is 0 Å². The molecule has 1 aliphatic heterocycles. The third-order valence-electron chi connectivity index (χ3n) is 3.94. The molecule has 0 bridgehead atoms. The fourth-order valence-corrected chi connectivity index (χ4v) is 2.83. The summed E-state index contributed by atoms with van der Waals surface area (Å²) in [5.74, 6) is 0. The van der Waals surface area contributed by atoms with E-state index in [-0.39, 0.29) is 6.04 Å². The van der Waals surface area contributed by atoms with Crippen molar-refractivity contribution in [3.05, 3.63) is 35.4 Å². The summed E-state index contributed by atoms with van der Waals surface area (Å²) >= 11 is 0. The number of hydrogen-bond acceptors (Lipinski definition) is 4. The molecule has 0 spiro atoms. The van der Waals surface area contributed by atoms with Crippen molar-refractivity contribution in [2.45, 2.75) is 32.1 Å². The third-order valence-corrected chi connectivity index (χ3v) is 3.94. The first-order chi connectivity index (χ1) is 9.78. The molecule has 1 aromatic rings. The van der Waals surface area contributed by atoms with E-state index in [0.29, 0.717) is 19.3 Å². The van der Waals surface area contributed by atoms with Gasteiger partial charge in [-0.05, 0) is 17.5 Å². The molecule has 1 saturated heterocycles. The van der Waals surface area contributed by atoms with Crippen molar-refractivity contribution in [1.82, 2.24) is 4.90 Å². The summed E-state index contributed by atoms with van der Waals surface area (Å²) in [5.41, 5.74) is 8.51. The van der Waals surface area contributed by atoms with Crippen molar-refractivity contribution in [2.24, 2.45) is 5.73 Å². The van der Waals surface area contributed by atoms with E-state index in [1.165, 1.54) is 11.1 Å². The summed E-state index contributed by atoms with van der Waals surface area (Å²) in [6, 6.07) is 8.81. The van der Waals surface area contributed by atoms with Gasteiger partial charge < -0.3 is 15.2 Å². The van der Waals surface area contributed by atoms with E-state index < -0.39 is 0 Å². The van der Waals surface area contributed by atoms with Crippen LogP contribution in [0.25, 0.3) is 0 Å². The molecule has 4 heteroatoms. The van der Waals surface area contributed by atoms with E-state index in [1.54, 1.807) is 7.11 Å². The summed E-state index contributed by atoms with van der Waals surface area (Å²) in [5, 5.41) is 0. The monoisotopic (exact) mass is 278 g/mol. The van der Waals surface area contributed by atoms with Gasteiger partial charge in [0.15, 0.2) is 0 Å². The molecule has 0 radical (unpaired) electrons. The smallest absolute Gasteiger partial charge is 0.0713 e. The van der Waals surface area contributed by atoms with Crippen LogP contribution in [0, 0.1) is 0 Å². The largest absolute Gasteiger partial charge is 0.380 e. The second-order valence-electron chi connectivity index (χ2n) is 5.33. The molecule has 0 aromatic heterocycles. The zero-order chi connectivity index (χ0) is 14.4. The summed E-state index contributed by atoms with van der Waals surface area (Å²) in [6.45, 7) is 6.16.